The first-order valence-electron chi connectivity index (χ1n) is 10.8. The smallest absolute Gasteiger partial charge is 0.251 e. The van der Waals surface area contributed by atoms with Crippen LogP contribution in [0.5, 0.6) is 0 Å². The number of amides is 2. The lowest BCUT2D eigenvalue weighted by Gasteiger charge is -2.38. The molecule has 1 unspecified atom stereocenters. The summed E-state index contributed by atoms with van der Waals surface area (Å²) in [6.45, 7) is 2.55. The average Bonchev–Trinajstić information content (AvgIpc) is 2.85. The highest BCUT2D eigenvalue weighted by Crippen LogP contribution is 2.26. The summed E-state index contributed by atoms with van der Waals surface area (Å²) >= 11 is 6.34. The maximum atomic E-state index is 13.4. The van der Waals surface area contributed by atoms with Crippen LogP contribution < -0.4 is 10.2 Å². The number of hydrogen-bond donors (Lipinski definition) is 1. The molecule has 1 heterocycles. The average molecular weight is 448 g/mol. The van der Waals surface area contributed by atoms with Gasteiger partial charge in [0.15, 0.2) is 0 Å². The van der Waals surface area contributed by atoms with Crippen LogP contribution in [0.15, 0.2) is 84.9 Å². The van der Waals surface area contributed by atoms with Crippen LogP contribution in [0, 0.1) is 0 Å². The normalized spacial score (nSPS) is 14.7. The van der Waals surface area contributed by atoms with Crippen molar-refractivity contribution >= 4 is 29.1 Å². The number of benzene rings is 3. The van der Waals surface area contributed by atoms with Gasteiger partial charge in [0.25, 0.3) is 5.91 Å². The molecule has 6 heteroatoms. The third kappa shape index (κ3) is 5.29. The van der Waals surface area contributed by atoms with E-state index in [-0.39, 0.29) is 11.8 Å². The van der Waals surface area contributed by atoms with Crippen molar-refractivity contribution in [3.8, 4) is 0 Å². The number of nitrogens with zero attached hydrogens (tertiary/aromatic N) is 2. The third-order valence-electron chi connectivity index (χ3n) is 5.71. The Morgan fingerprint density at radius 3 is 2.06 bits per heavy atom. The van der Waals surface area contributed by atoms with Gasteiger partial charge in [-0.1, -0.05) is 72.3 Å². The van der Waals surface area contributed by atoms with E-state index in [1.54, 1.807) is 12.1 Å². The number of piperazine rings is 1. The second kappa shape index (κ2) is 10.3. The lowest BCUT2D eigenvalue weighted by Crippen LogP contribution is -2.55. The molecule has 0 spiro atoms. The van der Waals surface area contributed by atoms with E-state index < -0.39 is 6.04 Å². The van der Waals surface area contributed by atoms with Gasteiger partial charge in [-0.2, -0.15) is 0 Å². The van der Waals surface area contributed by atoms with E-state index in [0.29, 0.717) is 43.2 Å². The molecule has 2 amide bonds. The molecular weight excluding hydrogens is 422 g/mol. The molecule has 1 atom stereocenters. The van der Waals surface area contributed by atoms with Crippen molar-refractivity contribution in [3.63, 3.8) is 0 Å². The first-order valence-corrected chi connectivity index (χ1v) is 11.2. The van der Waals surface area contributed by atoms with Crippen molar-refractivity contribution in [1.29, 1.82) is 0 Å². The van der Waals surface area contributed by atoms with Crippen molar-refractivity contribution in [2.24, 2.45) is 0 Å². The molecule has 0 bridgehead atoms. The van der Waals surface area contributed by atoms with Crippen LogP contribution in [0.25, 0.3) is 0 Å². The number of rotatable bonds is 6. The highest BCUT2D eigenvalue weighted by Gasteiger charge is 2.29. The van der Waals surface area contributed by atoms with Gasteiger partial charge in [0.2, 0.25) is 5.91 Å². The molecule has 1 aliphatic rings. The molecule has 1 saturated heterocycles. The van der Waals surface area contributed by atoms with Gasteiger partial charge in [0, 0.05) is 38.2 Å². The topological polar surface area (TPSA) is 52.7 Å². The van der Waals surface area contributed by atoms with Crippen LogP contribution in [0.1, 0.15) is 15.9 Å². The minimum atomic E-state index is -0.628. The zero-order valence-electron chi connectivity index (χ0n) is 17.8. The summed E-state index contributed by atoms with van der Waals surface area (Å²) in [6, 6.07) is 25.9. The van der Waals surface area contributed by atoms with Crippen LogP contribution in [-0.4, -0.2) is 48.9 Å². The fraction of sp³-hybridized carbons (Fsp3) is 0.231. The van der Waals surface area contributed by atoms with Crippen molar-refractivity contribution in [2.75, 3.05) is 31.1 Å². The quantitative estimate of drug-likeness (QED) is 0.620. The van der Waals surface area contributed by atoms with Gasteiger partial charge in [-0.3, -0.25) is 9.59 Å². The van der Waals surface area contributed by atoms with E-state index >= 15 is 0 Å². The fourth-order valence-electron chi connectivity index (χ4n) is 3.98. The van der Waals surface area contributed by atoms with Crippen LogP contribution in [0.4, 0.5) is 5.69 Å². The summed E-state index contributed by atoms with van der Waals surface area (Å²) < 4.78 is 0. The number of hydrogen-bond acceptors (Lipinski definition) is 3. The van der Waals surface area contributed by atoms with Crippen molar-refractivity contribution in [1.82, 2.24) is 10.2 Å². The van der Waals surface area contributed by atoms with Crippen LogP contribution in [0.3, 0.4) is 0 Å². The van der Waals surface area contributed by atoms with Gasteiger partial charge >= 0.3 is 0 Å². The Labute approximate surface area is 193 Å². The highest BCUT2D eigenvalue weighted by atomic mass is 35.5. The molecule has 32 heavy (non-hydrogen) atoms. The second-order valence-corrected chi connectivity index (χ2v) is 8.25. The maximum absolute atomic E-state index is 13.4. The number of para-hydroxylation sites is 1. The molecule has 5 nitrogen and oxygen atoms in total. The van der Waals surface area contributed by atoms with Crippen molar-refractivity contribution < 1.29 is 9.59 Å². The first-order chi connectivity index (χ1) is 15.6. The molecule has 0 saturated carbocycles. The summed E-state index contributed by atoms with van der Waals surface area (Å²) in [4.78, 5) is 30.3. The van der Waals surface area contributed by atoms with Crippen LogP contribution >= 0.6 is 11.6 Å². The highest BCUT2D eigenvalue weighted by molar-refractivity contribution is 6.33. The third-order valence-corrected chi connectivity index (χ3v) is 6.03. The van der Waals surface area contributed by atoms with Crippen molar-refractivity contribution in [3.05, 3.63) is 101 Å². The van der Waals surface area contributed by atoms with E-state index in [0.717, 1.165) is 11.3 Å². The molecule has 1 N–H and O–H groups in total. The number of carbonyl (C=O) groups is 2. The Balaban J connectivity index is 1.46. The first kappa shape index (κ1) is 21.9. The van der Waals surface area contributed by atoms with E-state index in [9.17, 15) is 9.59 Å². The van der Waals surface area contributed by atoms with E-state index in [1.165, 1.54) is 0 Å². The predicted octanol–water partition coefficient (Wildman–Crippen LogP) is 4.03. The minimum absolute atomic E-state index is 0.0584. The lowest BCUT2D eigenvalue weighted by atomic mass is 10.0. The zero-order valence-corrected chi connectivity index (χ0v) is 18.5. The number of anilines is 1. The number of halogens is 1. The van der Waals surface area contributed by atoms with Crippen LogP contribution in [0.2, 0.25) is 5.02 Å². The molecule has 3 aromatic rings. The van der Waals surface area contributed by atoms with Gasteiger partial charge < -0.3 is 15.1 Å². The monoisotopic (exact) mass is 447 g/mol. The Kier molecular flexibility index (Phi) is 7.07. The second-order valence-electron chi connectivity index (χ2n) is 7.85. The summed E-state index contributed by atoms with van der Waals surface area (Å²) in [5, 5.41) is 3.68. The summed E-state index contributed by atoms with van der Waals surface area (Å²) in [5.41, 5.74) is 2.54. The molecular formula is C26H26ClN3O2. The molecule has 0 radical (unpaired) electrons. The maximum Gasteiger partial charge on any atom is 0.251 e. The Morgan fingerprint density at radius 1 is 0.812 bits per heavy atom. The van der Waals surface area contributed by atoms with Gasteiger partial charge in [-0.15, -0.1) is 0 Å². The van der Waals surface area contributed by atoms with Gasteiger partial charge in [-0.25, -0.2) is 0 Å². The fourth-order valence-corrected chi connectivity index (χ4v) is 4.23. The Bertz CT molecular complexity index is 1050. The van der Waals surface area contributed by atoms with E-state index in [2.05, 4.69) is 10.2 Å². The minimum Gasteiger partial charge on any atom is -0.367 e. The van der Waals surface area contributed by atoms with Crippen LogP contribution in [-0.2, 0) is 11.2 Å². The molecule has 0 aliphatic carbocycles. The summed E-state index contributed by atoms with van der Waals surface area (Å²) in [7, 11) is 0. The molecule has 3 aromatic carbocycles. The molecule has 1 fully saturated rings. The summed E-state index contributed by atoms with van der Waals surface area (Å²) in [6.07, 6.45) is 0.447. The Hall–Kier alpha value is -3.31. The predicted molar refractivity (Wildman–Crippen MR) is 128 cm³/mol. The van der Waals surface area contributed by atoms with Crippen molar-refractivity contribution in [2.45, 2.75) is 12.5 Å². The summed E-state index contributed by atoms with van der Waals surface area (Å²) in [5.74, 6) is -0.300. The van der Waals surface area contributed by atoms with Gasteiger partial charge in [-0.05, 0) is 29.8 Å². The van der Waals surface area contributed by atoms with Gasteiger partial charge in [0.1, 0.15) is 6.04 Å². The number of nitrogens with one attached hydrogen (secondary N) is 1. The van der Waals surface area contributed by atoms with E-state index in [1.807, 2.05) is 77.7 Å². The zero-order chi connectivity index (χ0) is 22.3. The molecule has 164 valence electrons. The standard InChI is InChI=1S/C26H26ClN3O2/c27-22-13-7-8-14-24(22)29-15-17-30(18-16-29)26(32)23(19-20-9-3-1-4-10-20)28-25(31)21-11-5-2-6-12-21/h1-14,23H,15-19H2,(H,28,31). The molecule has 4 rings (SSSR count). The van der Waals surface area contributed by atoms with E-state index in [4.69, 9.17) is 11.6 Å². The largest absolute Gasteiger partial charge is 0.367 e. The lowest BCUT2D eigenvalue weighted by molar-refractivity contribution is -0.133. The van der Waals surface area contributed by atoms with Gasteiger partial charge in [0.05, 0.1) is 10.7 Å². The number of carbonyl (C=O) groups excluding carboxylic acids is 2. The molecule has 1 aliphatic heterocycles. The molecule has 0 aromatic heterocycles. The SMILES string of the molecule is O=C(NC(Cc1ccccc1)C(=O)N1CCN(c2ccccc2Cl)CC1)c1ccccc1. The Morgan fingerprint density at radius 2 is 1.41 bits per heavy atom.